The van der Waals surface area contributed by atoms with E-state index >= 15 is 0 Å². The maximum absolute atomic E-state index is 10.3. The summed E-state index contributed by atoms with van der Waals surface area (Å²) in [6.07, 6.45) is 19.4. The zero-order chi connectivity index (χ0) is 19.7. The van der Waals surface area contributed by atoms with Crippen LogP contribution in [0.5, 0.6) is 0 Å². The minimum Gasteiger partial charge on any atom is -0.393 e. The Morgan fingerprint density at radius 2 is 1.89 bits per heavy atom. The summed E-state index contributed by atoms with van der Waals surface area (Å²) in [5.74, 6) is 2.87. The predicted molar refractivity (Wildman–Crippen MR) is 120 cm³/mol. The molecule has 0 heterocycles. The van der Waals surface area contributed by atoms with Gasteiger partial charge in [-0.3, -0.25) is 0 Å². The number of thiocarbonyl (C=S) groups is 1. The van der Waals surface area contributed by atoms with Gasteiger partial charge in [0.1, 0.15) is 0 Å². The van der Waals surface area contributed by atoms with E-state index in [0.717, 1.165) is 48.3 Å². The van der Waals surface area contributed by atoms with E-state index in [1.807, 2.05) is 0 Å². The highest BCUT2D eigenvalue weighted by molar-refractivity contribution is 7.80. The number of fused-ring (bicyclic) bond motifs is 5. The quantitative estimate of drug-likeness (QED) is 0.413. The molecule has 1 N–H and O–H groups in total. The Morgan fingerprint density at radius 1 is 1.11 bits per heavy atom. The summed E-state index contributed by atoms with van der Waals surface area (Å²) >= 11 is 5.76. The fourth-order valence-electron chi connectivity index (χ4n) is 7.77. The van der Waals surface area contributed by atoms with E-state index in [4.69, 9.17) is 12.2 Å². The number of rotatable bonds is 1. The lowest BCUT2D eigenvalue weighted by molar-refractivity contribution is -0.0471. The molecular weight excluding hydrogens is 360 g/mol. The molecule has 2 unspecified atom stereocenters. The molecule has 0 aromatic carbocycles. The summed E-state index contributed by atoms with van der Waals surface area (Å²) in [4.78, 5) is 1.13. The van der Waals surface area contributed by atoms with Gasteiger partial charge >= 0.3 is 0 Å². The van der Waals surface area contributed by atoms with Crippen LogP contribution in [0.2, 0.25) is 0 Å². The maximum Gasteiger partial charge on any atom is 0.0577 e. The van der Waals surface area contributed by atoms with E-state index in [2.05, 4.69) is 51.2 Å². The summed E-state index contributed by atoms with van der Waals surface area (Å²) in [7, 11) is 0. The largest absolute Gasteiger partial charge is 0.393 e. The molecule has 7 atom stereocenters. The van der Waals surface area contributed by atoms with Crippen LogP contribution < -0.4 is 0 Å². The standard InChI is InChI=1S/C26H34OS/c1-16-14-17-15-18(27)10-12-25(17,2)22-11-13-26(3)20(8-9-21(26)24(16)22)19-6-4-5-7-23(19)28/h4-6,8,14,16,18,21-22,24,27H,7,9-13,15H2,1-3H3/t16?,18?,21-,22-,24-,25-,26+/m0/s1. The Morgan fingerprint density at radius 3 is 2.68 bits per heavy atom. The Labute approximate surface area is 175 Å². The van der Waals surface area contributed by atoms with E-state index in [1.54, 1.807) is 11.1 Å². The molecule has 0 aromatic heterocycles. The molecule has 0 spiro atoms. The van der Waals surface area contributed by atoms with Crippen molar-refractivity contribution in [2.24, 2.45) is 34.5 Å². The number of aliphatic hydroxyl groups excluding tert-OH is 1. The molecule has 0 aliphatic heterocycles. The van der Waals surface area contributed by atoms with Crippen molar-refractivity contribution < 1.29 is 5.11 Å². The lowest BCUT2D eigenvalue weighted by atomic mass is 9.45. The van der Waals surface area contributed by atoms with Crippen molar-refractivity contribution in [1.82, 2.24) is 0 Å². The molecule has 0 radical (unpaired) electrons. The monoisotopic (exact) mass is 394 g/mol. The van der Waals surface area contributed by atoms with Crippen LogP contribution in [-0.2, 0) is 0 Å². The van der Waals surface area contributed by atoms with Crippen LogP contribution in [0.25, 0.3) is 0 Å². The van der Waals surface area contributed by atoms with E-state index in [-0.39, 0.29) is 11.5 Å². The van der Waals surface area contributed by atoms with Crippen LogP contribution in [0.4, 0.5) is 0 Å². The summed E-state index contributed by atoms with van der Waals surface area (Å²) in [5.41, 5.74) is 5.05. The van der Waals surface area contributed by atoms with Gasteiger partial charge in [0.15, 0.2) is 0 Å². The van der Waals surface area contributed by atoms with Crippen molar-refractivity contribution in [1.29, 1.82) is 0 Å². The van der Waals surface area contributed by atoms with Crippen LogP contribution >= 0.6 is 12.2 Å². The highest BCUT2D eigenvalue weighted by atomic mass is 32.1. The summed E-state index contributed by atoms with van der Waals surface area (Å²) in [6.45, 7) is 7.50. The number of hydrogen-bond donors (Lipinski definition) is 1. The van der Waals surface area contributed by atoms with Crippen LogP contribution in [-0.4, -0.2) is 16.1 Å². The molecule has 1 nitrogen and oxygen atoms in total. The molecule has 0 aromatic rings. The van der Waals surface area contributed by atoms with Crippen molar-refractivity contribution >= 4 is 17.1 Å². The van der Waals surface area contributed by atoms with Gasteiger partial charge in [0.05, 0.1) is 6.10 Å². The third-order valence-corrected chi connectivity index (χ3v) is 9.67. The summed E-state index contributed by atoms with van der Waals surface area (Å²) < 4.78 is 0. The maximum atomic E-state index is 10.3. The fourth-order valence-corrected chi connectivity index (χ4v) is 8.04. The average Bonchev–Trinajstić information content (AvgIpc) is 3.01. The SMILES string of the molecule is CC1C=C2CC(O)CC[C@]2(C)[C@H]2CC[C@]3(C)C(C4=CC=CCC4=S)=CC[C@H]3[C@H]12. The third-order valence-electron chi connectivity index (χ3n) is 9.28. The van der Waals surface area contributed by atoms with Gasteiger partial charge in [0, 0.05) is 11.3 Å². The fraction of sp³-hybridized carbons (Fsp3) is 0.654. The topological polar surface area (TPSA) is 20.2 Å². The highest BCUT2D eigenvalue weighted by Crippen LogP contribution is 2.66. The molecule has 0 bridgehead atoms. The van der Waals surface area contributed by atoms with Crippen LogP contribution in [0.1, 0.15) is 65.7 Å². The number of allylic oxidation sites excluding steroid dienone is 7. The normalized spacial score (nSPS) is 47.5. The second-order valence-electron chi connectivity index (χ2n) is 10.6. The van der Waals surface area contributed by atoms with Gasteiger partial charge in [0.2, 0.25) is 0 Å². The minimum atomic E-state index is -0.121. The second-order valence-corrected chi connectivity index (χ2v) is 11.1. The van der Waals surface area contributed by atoms with Crippen molar-refractivity contribution in [2.45, 2.75) is 71.8 Å². The molecule has 0 amide bonds. The van der Waals surface area contributed by atoms with Gasteiger partial charge in [-0.15, -0.1) is 0 Å². The Balaban J connectivity index is 1.51. The first-order valence-corrected chi connectivity index (χ1v) is 11.8. The Hall–Kier alpha value is -0.990. The summed E-state index contributed by atoms with van der Waals surface area (Å²) in [6, 6.07) is 0. The molecule has 5 rings (SSSR count). The minimum absolute atomic E-state index is 0.121. The molecule has 2 saturated carbocycles. The lowest BCUT2D eigenvalue weighted by Crippen LogP contribution is -2.52. The van der Waals surface area contributed by atoms with E-state index < -0.39 is 0 Å². The first-order chi connectivity index (χ1) is 13.3. The van der Waals surface area contributed by atoms with Crippen molar-refractivity contribution in [3.8, 4) is 0 Å². The third kappa shape index (κ3) is 2.56. The molecule has 150 valence electrons. The Bertz CT molecular complexity index is 829. The first-order valence-electron chi connectivity index (χ1n) is 11.3. The zero-order valence-corrected chi connectivity index (χ0v) is 18.4. The first kappa shape index (κ1) is 19.0. The highest BCUT2D eigenvalue weighted by Gasteiger charge is 2.58. The molecule has 5 aliphatic rings. The van der Waals surface area contributed by atoms with E-state index in [9.17, 15) is 5.11 Å². The van der Waals surface area contributed by atoms with Crippen molar-refractivity contribution in [3.63, 3.8) is 0 Å². The molecule has 0 saturated heterocycles. The van der Waals surface area contributed by atoms with Crippen LogP contribution in [0.3, 0.4) is 0 Å². The van der Waals surface area contributed by atoms with Gasteiger partial charge < -0.3 is 5.11 Å². The van der Waals surface area contributed by atoms with Crippen LogP contribution in [0, 0.1) is 34.5 Å². The van der Waals surface area contributed by atoms with Gasteiger partial charge in [-0.2, -0.15) is 0 Å². The molecule has 28 heavy (non-hydrogen) atoms. The van der Waals surface area contributed by atoms with Crippen molar-refractivity contribution in [2.75, 3.05) is 0 Å². The lowest BCUT2D eigenvalue weighted by Gasteiger charge is -2.59. The van der Waals surface area contributed by atoms with Gasteiger partial charge in [0.25, 0.3) is 0 Å². The molecule has 5 aliphatic carbocycles. The predicted octanol–water partition coefficient (Wildman–Crippen LogP) is 6.35. The summed E-state index contributed by atoms with van der Waals surface area (Å²) in [5, 5.41) is 10.3. The van der Waals surface area contributed by atoms with E-state index in [1.165, 1.54) is 24.8 Å². The Kier molecular flexibility index (Phi) is 4.41. The molecule has 2 fully saturated rings. The smallest absolute Gasteiger partial charge is 0.0577 e. The van der Waals surface area contributed by atoms with Gasteiger partial charge in [-0.25, -0.2) is 0 Å². The zero-order valence-electron chi connectivity index (χ0n) is 17.6. The van der Waals surface area contributed by atoms with Crippen LogP contribution in [0.15, 0.2) is 47.1 Å². The molecular formula is C26H34OS. The van der Waals surface area contributed by atoms with E-state index in [0.29, 0.717) is 11.3 Å². The number of aliphatic hydroxyl groups is 1. The van der Waals surface area contributed by atoms with Crippen molar-refractivity contribution in [3.05, 3.63) is 47.1 Å². The van der Waals surface area contributed by atoms with Gasteiger partial charge in [-0.05, 0) is 84.2 Å². The second kappa shape index (κ2) is 6.51. The average molecular weight is 395 g/mol. The molecule has 2 heteroatoms. The number of hydrogen-bond acceptors (Lipinski definition) is 2. The van der Waals surface area contributed by atoms with Gasteiger partial charge in [-0.1, -0.05) is 68.9 Å².